The normalized spacial score (nSPS) is 21.8. The molecule has 1 aromatic rings. The van der Waals surface area contributed by atoms with Crippen molar-refractivity contribution in [1.82, 2.24) is 10.3 Å². The number of halogens is 1. The summed E-state index contributed by atoms with van der Waals surface area (Å²) in [5.74, 6) is 0.955. The maximum atomic E-state index is 4.26. The number of hydrogen-bond acceptors (Lipinski definition) is 3. The number of anilines is 1. The summed E-state index contributed by atoms with van der Waals surface area (Å²) in [6.07, 6.45) is 2.99. The van der Waals surface area contributed by atoms with Gasteiger partial charge in [-0.05, 0) is 41.0 Å². The fraction of sp³-hybridized carbons (Fsp3) is 0.444. The zero-order valence-corrected chi connectivity index (χ0v) is 8.84. The molecule has 0 bridgehead atoms. The van der Waals surface area contributed by atoms with Gasteiger partial charge in [0.2, 0.25) is 0 Å². The standard InChI is InChI=1S/C9H12BrN3/c10-7-1-2-9(12-5-7)13-8-3-4-11-6-8/h1-2,5,8,11H,3-4,6H2,(H,12,13)/t8-/m1/s1. The Morgan fingerprint density at radius 3 is 3.08 bits per heavy atom. The Morgan fingerprint density at radius 2 is 2.46 bits per heavy atom. The predicted molar refractivity (Wildman–Crippen MR) is 56.8 cm³/mol. The zero-order valence-electron chi connectivity index (χ0n) is 7.26. The molecule has 1 aliphatic rings. The fourth-order valence-corrected chi connectivity index (χ4v) is 1.68. The van der Waals surface area contributed by atoms with Crippen LogP contribution >= 0.6 is 15.9 Å². The first-order chi connectivity index (χ1) is 6.34. The number of rotatable bonds is 2. The summed E-state index contributed by atoms with van der Waals surface area (Å²) < 4.78 is 1.02. The van der Waals surface area contributed by atoms with Crippen molar-refractivity contribution in [3.8, 4) is 0 Å². The third-order valence-electron chi connectivity index (χ3n) is 2.14. The number of aromatic nitrogens is 1. The molecule has 1 fully saturated rings. The van der Waals surface area contributed by atoms with E-state index >= 15 is 0 Å². The summed E-state index contributed by atoms with van der Waals surface area (Å²) in [7, 11) is 0. The first-order valence-corrected chi connectivity index (χ1v) is 5.23. The molecule has 0 aromatic carbocycles. The Bertz CT molecular complexity index is 267. The van der Waals surface area contributed by atoms with Crippen LogP contribution in [0, 0.1) is 0 Å². The summed E-state index contributed by atoms with van der Waals surface area (Å²) in [6.45, 7) is 2.14. The highest BCUT2D eigenvalue weighted by atomic mass is 79.9. The molecule has 0 aliphatic carbocycles. The van der Waals surface area contributed by atoms with Gasteiger partial charge in [0.25, 0.3) is 0 Å². The fourth-order valence-electron chi connectivity index (χ4n) is 1.45. The molecule has 1 atom stereocenters. The van der Waals surface area contributed by atoms with Gasteiger partial charge in [-0.15, -0.1) is 0 Å². The van der Waals surface area contributed by atoms with Crippen LogP contribution < -0.4 is 10.6 Å². The van der Waals surface area contributed by atoms with Gasteiger partial charge in [0.15, 0.2) is 0 Å². The largest absolute Gasteiger partial charge is 0.366 e. The van der Waals surface area contributed by atoms with E-state index in [1.807, 2.05) is 18.3 Å². The minimum atomic E-state index is 0.536. The number of pyridine rings is 1. The summed E-state index contributed by atoms with van der Waals surface area (Å²) in [6, 6.07) is 4.52. The summed E-state index contributed by atoms with van der Waals surface area (Å²) in [5.41, 5.74) is 0. The number of nitrogens with one attached hydrogen (secondary N) is 2. The van der Waals surface area contributed by atoms with E-state index in [9.17, 15) is 0 Å². The van der Waals surface area contributed by atoms with Gasteiger partial charge in [0.1, 0.15) is 5.82 Å². The van der Waals surface area contributed by atoms with Crippen LogP contribution in [0.1, 0.15) is 6.42 Å². The van der Waals surface area contributed by atoms with E-state index in [2.05, 4.69) is 31.5 Å². The lowest BCUT2D eigenvalue weighted by Gasteiger charge is -2.11. The lowest BCUT2D eigenvalue weighted by atomic mass is 10.2. The van der Waals surface area contributed by atoms with Crippen LogP contribution in [-0.2, 0) is 0 Å². The molecule has 0 saturated carbocycles. The van der Waals surface area contributed by atoms with Crippen LogP contribution in [0.3, 0.4) is 0 Å². The van der Waals surface area contributed by atoms with Crippen molar-refractivity contribution in [3.63, 3.8) is 0 Å². The van der Waals surface area contributed by atoms with Crippen LogP contribution in [0.25, 0.3) is 0 Å². The maximum absolute atomic E-state index is 4.26. The third-order valence-corrected chi connectivity index (χ3v) is 2.61. The average molecular weight is 242 g/mol. The molecule has 1 saturated heterocycles. The average Bonchev–Trinajstić information content (AvgIpc) is 2.62. The van der Waals surface area contributed by atoms with Gasteiger partial charge in [-0.3, -0.25) is 0 Å². The van der Waals surface area contributed by atoms with E-state index < -0.39 is 0 Å². The highest BCUT2D eigenvalue weighted by Gasteiger charge is 2.13. The van der Waals surface area contributed by atoms with Crippen LogP contribution in [0.2, 0.25) is 0 Å². The number of hydrogen-bond donors (Lipinski definition) is 2. The van der Waals surface area contributed by atoms with Crippen molar-refractivity contribution >= 4 is 21.7 Å². The molecule has 2 heterocycles. The Morgan fingerprint density at radius 1 is 1.54 bits per heavy atom. The smallest absolute Gasteiger partial charge is 0.126 e. The second-order valence-corrected chi connectivity index (χ2v) is 4.11. The van der Waals surface area contributed by atoms with E-state index in [1.54, 1.807) is 0 Å². The van der Waals surface area contributed by atoms with Crippen molar-refractivity contribution < 1.29 is 0 Å². The van der Waals surface area contributed by atoms with Crippen molar-refractivity contribution in [2.75, 3.05) is 18.4 Å². The van der Waals surface area contributed by atoms with Gasteiger partial charge in [-0.1, -0.05) is 0 Å². The van der Waals surface area contributed by atoms with Crippen LogP contribution in [0.15, 0.2) is 22.8 Å². The first kappa shape index (κ1) is 8.97. The molecule has 70 valence electrons. The third kappa shape index (κ3) is 2.42. The van der Waals surface area contributed by atoms with Gasteiger partial charge in [-0.25, -0.2) is 4.98 Å². The molecule has 0 amide bonds. The minimum absolute atomic E-state index is 0.536. The minimum Gasteiger partial charge on any atom is -0.366 e. The molecule has 4 heteroatoms. The summed E-state index contributed by atoms with van der Waals surface area (Å²) in [5, 5.41) is 6.68. The Labute approximate surface area is 86.1 Å². The Kier molecular flexibility index (Phi) is 2.80. The maximum Gasteiger partial charge on any atom is 0.126 e. The Balaban J connectivity index is 1.97. The monoisotopic (exact) mass is 241 g/mol. The van der Waals surface area contributed by atoms with Gasteiger partial charge in [-0.2, -0.15) is 0 Å². The molecule has 0 radical (unpaired) electrons. The lowest BCUT2D eigenvalue weighted by Crippen LogP contribution is -2.22. The highest BCUT2D eigenvalue weighted by Crippen LogP contribution is 2.12. The van der Waals surface area contributed by atoms with E-state index in [-0.39, 0.29) is 0 Å². The molecule has 13 heavy (non-hydrogen) atoms. The van der Waals surface area contributed by atoms with Crippen LogP contribution in [-0.4, -0.2) is 24.1 Å². The molecule has 1 aromatic heterocycles. The molecule has 3 nitrogen and oxygen atoms in total. The molecular formula is C9H12BrN3. The summed E-state index contributed by atoms with van der Waals surface area (Å²) in [4.78, 5) is 4.26. The predicted octanol–water partition coefficient (Wildman–Crippen LogP) is 1.62. The lowest BCUT2D eigenvalue weighted by molar-refractivity contribution is 0.788. The van der Waals surface area contributed by atoms with E-state index in [0.29, 0.717) is 6.04 Å². The molecule has 2 N–H and O–H groups in total. The van der Waals surface area contributed by atoms with Crippen molar-refractivity contribution in [2.45, 2.75) is 12.5 Å². The van der Waals surface area contributed by atoms with Crippen LogP contribution in [0.4, 0.5) is 5.82 Å². The van der Waals surface area contributed by atoms with Gasteiger partial charge in [0, 0.05) is 23.3 Å². The van der Waals surface area contributed by atoms with Gasteiger partial charge >= 0.3 is 0 Å². The van der Waals surface area contributed by atoms with E-state index in [1.165, 1.54) is 6.42 Å². The van der Waals surface area contributed by atoms with Crippen molar-refractivity contribution in [2.24, 2.45) is 0 Å². The number of nitrogens with zero attached hydrogens (tertiary/aromatic N) is 1. The van der Waals surface area contributed by atoms with Crippen LogP contribution in [0.5, 0.6) is 0 Å². The van der Waals surface area contributed by atoms with Crippen molar-refractivity contribution in [3.05, 3.63) is 22.8 Å². The second kappa shape index (κ2) is 4.07. The zero-order chi connectivity index (χ0) is 9.10. The highest BCUT2D eigenvalue weighted by molar-refractivity contribution is 9.10. The SMILES string of the molecule is Brc1ccc(N[C@@H]2CCNC2)nc1. The molecular weight excluding hydrogens is 230 g/mol. The Hall–Kier alpha value is -0.610. The molecule has 2 rings (SSSR count). The van der Waals surface area contributed by atoms with E-state index in [4.69, 9.17) is 0 Å². The second-order valence-electron chi connectivity index (χ2n) is 3.20. The van der Waals surface area contributed by atoms with Gasteiger partial charge < -0.3 is 10.6 Å². The molecule has 0 unspecified atom stereocenters. The molecule has 0 spiro atoms. The quantitative estimate of drug-likeness (QED) is 0.827. The van der Waals surface area contributed by atoms with Crippen molar-refractivity contribution in [1.29, 1.82) is 0 Å². The van der Waals surface area contributed by atoms with Gasteiger partial charge in [0.05, 0.1) is 0 Å². The first-order valence-electron chi connectivity index (χ1n) is 4.43. The topological polar surface area (TPSA) is 37.0 Å². The van der Waals surface area contributed by atoms with E-state index in [0.717, 1.165) is 23.4 Å². The summed E-state index contributed by atoms with van der Waals surface area (Å²) >= 11 is 3.36. The molecule has 1 aliphatic heterocycles.